The van der Waals surface area contributed by atoms with E-state index in [0.29, 0.717) is 36.5 Å². The molecule has 2 amide bonds. The molecule has 0 spiro atoms. The summed E-state index contributed by atoms with van der Waals surface area (Å²) in [5, 5.41) is 3.90. The maximum atomic E-state index is 13.7. The number of allylic oxidation sites excluding steroid dienone is 1. The van der Waals surface area contributed by atoms with Gasteiger partial charge in [-0.25, -0.2) is 4.39 Å². The Morgan fingerprint density at radius 1 is 1.33 bits per heavy atom. The molecule has 2 atom stereocenters. The minimum Gasteiger partial charge on any atom is -0.395 e. The van der Waals surface area contributed by atoms with Crippen molar-refractivity contribution in [3.63, 3.8) is 0 Å². The Bertz CT molecular complexity index is 998. The third-order valence-corrected chi connectivity index (χ3v) is 5.94. The van der Waals surface area contributed by atoms with E-state index in [1.54, 1.807) is 28.9 Å². The topological polar surface area (TPSA) is 74.6 Å². The van der Waals surface area contributed by atoms with E-state index in [1.807, 2.05) is 6.92 Å². The molecule has 0 bridgehead atoms. The van der Waals surface area contributed by atoms with Gasteiger partial charge < -0.3 is 14.6 Å². The first-order chi connectivity index (χ1) is 14.4. The molecule has 2 unspecified atom stereocenters. The van der Waals surface area contributed by atoms with Gasteiger partial charge in [-0.1, -0.05) is 29.9 Å². The van der Waals surface area contributed by atoms with Crippen molar-refractivity contribution in [3.05, 3.63) is 59.6 Å². The Balaban J connectivity index is 1.85. The Hall–Kier alpha value is -3.29. The standard InChI is InChI=1S/C22H23FN4O3/c1-4-9-24-19-14(2)12-22(16-5-7-17(23)8-6-16)26(10-11-27(22)21(19)29)20(28)18-13-30-25-15(18)3/h4-9,18H,1,10-13H2,2-3H3. The number of carbonyl (C=O) groups is 2. The van der Waals surface area contributed by atoms with E-state index < -0.39 is 11.6 Å². The smallest absolute Gasteiger partial charge is 0.274 e. The van der Waals surface area contributed by atoms with Gasteiger partial charge in [-0.2, -0.15) is 0 Å². The first-order valence-corrected chi connectivity index (χ1v) is 9.81. The number of carbonyl (C=O) groups excluding carboxylic acids is 2. The minimum atomic E-state index is -1.04. The summed E-state index contributed by atoms with van der Waals surface area (Å²) >= 11 is 0. The van der Waals surface area contributed by atoms with Gasteiger partial charge in [-0.3, -0.25) is 14.6 Å². The average molecular weight is 410 g/mol. The number of oxime groups is 1. The van der Waals surface area contributed by atoms with Crippen LogP contribution in [0.5, 0.6) is 0 Å². The van der Waals surface area contributed by atoms with E-state index in [2.05, 4.69) is 16.7 Å². The highest BCUT2D eigenvalue weighted by Gasteiger charge is 2.57. The fraction of sp³-hybridized carbons (Fsp3) is 0.364. The second kappa shape index (κ2) is 7.51. The van der Waals surface area contributed by atoms with Crippen LogP contribution < -0.4 is 0 Å². The SMILES string of the molecule is C=CC=NC1=C(C)CC2(c3ccc(F)cc3)N(CCN2C(=O)C2CON=C2C)C1=O. The van der Waals surface area contributed by atoms with E-state index in [0.717, 1.165) is 5.57 Å². The van der Waals surface area contributed by atoms with Crippen molar-refractivity contribution in [2.24, 2.45) is 16.1 Å². The van der Waals surface area contributed by atoms with Gasteiger partial charge in [0, 0.05) is 25.7 Å². The highest BCUT2D eigenvalue weighted by molar-refractivity contribution is 6.05. The molecule has 3 aliphatic rings. The molecule has 30 heavy (non-hydrogen) atoms. The molecular formula is C22H23FN4O3. The molecule has 0 aromatic heterocycles. The molecule has 8 heteroatoms. The molecule has 3 heterocycles. The van der Waals surface area contributed by atoms with Crippen LogP contribution in [0.15, 0.2) is 58.3 Å². The molecule has 0 aliphatic carbocycles. The van der Waals surface area contributed by atoms with Crippen molar-refractivity contribution in [2.45, 2.75) is 25.9 Å². The number of amides is 2. The summed E-state index contributed by atoms with van der Waals surface area (Å²) in [4.78, 5) is 39.7. The van der Waals surface area contributed by atoms with Crippen LogP contribution in [0.1, 0.15) is 25.8 Å². The molecule has 1 fully saturated rings. The van der Waals surface area contributed by atoms with Gasteiger partial charge in [0.1, 0.15) is 29.7 Å². The summed E-state index contributed by atoms with van der Waals surface area (Å²) in [6, 6.07) is 5.98. The molecule has 3 aliphatic heterocycles. The summed E-state index contributed by atoms with van der Waals surface area (Å²) in [7, 11) is 0. The quantitative estimate of drug-likeness (QED) is 0.716. The summed E-state index contributed by atoms with van der Waals surface area (Å²) in [5.41, 5.74) is 1.36. The van der Waals surface area contributed by atoms with Gasteiger partial charge >= 0.3 is 0 Å². The van der Waals surface area contributed by atoms with Crippen LogP contribution in [0.25, 0.3) is 0 Å². The fourth-order valence-electron chi connectivity index (χ4n) is 4.49. The third-order valence-electron chi connectivity index (χ3n) is 5.94. The Morgan fingerprint density at radius 2 is 2.07 bits per heavy atom. The van der Waals surface area contributed by atoms with Crippen LogP contribution in [0.2, 0.25) is 0 Å². The maximum absolute atomic E-state index is 13.7. The molecule has 0 saturated carbocycles. The lowest BCUT2D eigenvalue weighted by molar-refractivity contribution is -0.150. The molecule has 0 N–H and O–H groups in total. The number of hydrogen-bond donors (Lipinski definition) is 0. The molecular weight excluding hydrogens is 387 g/mol. The molecule has 156 valence electrons. The summed E-state index contributed by atoms with van der Waals surface area (Å²) < 4.78 is 13.7. The van der Waals surface area contributed by atoms with E-state index in [-0.39, 0.29) is 24.2 Å². The predicted molar refractivity (Wildman–Crippen MR) is 110 cm³/mol. The lowest BCUT2D eigenvalue weighted by Crippen LogP contribution is -2.58. The lowest BCUT2D eigenvalue weighted by Gasteiger charge is -2.47. The number of aliphatic imine (C=N–C) groups is 1. The maximum Gasteiger partial charge on any atom is 0.274 e. The largest absolute Gasteiger partial charge is 0.395 e. The van der Waals surface area contributed by atoms with Gasteiger partial charge in [0.25, 0.3) is 5.91 Å². The number of nitrogens with zero attached hydrogens (tertiary/aromatic N) is 4. The Morgan fingerprint density at radius 3 is 2.70 bits per heavy atom. The van der Waals surface area contributed by atoms with Crippen LogP contribution in [-0.2, 0) is 20.1 Å². The van der Waals surface area contributed by atoms with E-state index in [4.69, 9.17) is 4.84 Å². The highest BCUT2D eigenvalue weighted by Crippen LogP contribution is 2.47. The summed E-state index contributed by atoms with van der Waals surface area (Å²) in [5.74, 6) is -1.29. The van der Waals surface area contributed by atoms with Crippen molar-refractivity contribution in [3.8, 4) is 0 Å². The summed E-state index contributed by atoms with van der Waals surface area (Å²) in [6.07, 6.45) is 3.37. The Kier molecular flexibility index (Phi) is 5.01. The zero-order chi connectivity index (χ0) is 21.5. The van der Waals surface area contributed by atoms with Crippen LogP contribution in [0, 0.1) is 11.7 Å². The van der Waals surface area contributed by atoms with E-state index in [1.165, 1.54) is 24.4 Å². The minimum absolute atomic E-state index is 0.154. The van der Waals surface area contributed by atoms with Crippen LogP contribution in [-0.4, -0.2) is 53.2 Å². The first-order valence-electron chi connectivity index (χ1n) is 9.81. The molecule has 4 rings (SSSR count). The molecule has 1 aromatic carbocycles. The van der Waals surface area contributed by atoms with Crippen LogP contribution in [0.3, 0.4) is 0 Å². The first kappa shape index (κ1) is 20.0. The molecule has 1 saturated heterocycles. The lowest BCUT2D eigenvalue weighted by atomic mass is 9.85. The van der Waals surface area contributed by atoms with Gasteiger partial charge in [-0.15, -0.1) is 0 Å². The fourth-order valence-corrected chi connectivity index (χ4v) is 4.49. The second-order valence-electron chi connectivity index (χ2n) is 7.67. The normalized spacial score (nSPS) is 26.2. The van der Waals surface area contributed by atoms with Crippen molar-refractivity contribution >= 4 is 23.7 Å². The van der Waals surface area contributed by atoms with Gasteiger partial charge in [0.2, 0.25) is 5.91 Å². The number of rotatable bonds is 4. The Labute approximate surface area is 174 Å². The number of benzene rings is 1. The molecule has 7 nitrogen and oxygen atoms in total. The van der Waals surface area contributed by atoms with Crippen molar-refractivity contribution in [1.29, 1.82) is 0 Å². The van der Waals surface area contributed by atoms with E-state index >= 15 is 0 Å². The van der Waals surface area contributed by atoms with E-state index in [9.17, 15) is 14.0 Å². The zero-order valence-electron chi connectivity index (χ0n) is 17.0. The van der Waals surface area contributed by atoms with Crippen LogP contribution in [0.4, 0.5) is 4.39 Å². The van der Waals surface area contributed by atoms with Crippen molar-refractivity contribution in [2.75, 3.05) is 19.7 Å². The van der Waals surface area contributed by atoms with Gasteiger partial charge in [-0.05, 0) is 37.1 Å². The highest BCUT2D eigenvalue weighted by atomic mass is 19.1. The number of halogens is 1. The van der Waals surface area contributed by atoms with Gasteiger partial charge in [0.05, 0.1) is 5.71 Å². The second-order valence-corrected chi connectivity index (χ2v) is 7.67. The van der Waals surface area contributed by atoms with Crippen molar-refractivity contribution < 1.29 is 18.8 Å². The monoisotopic (exact) mass is 410 g/mol. The molecule has 0 radical (unpaired) electrons. The number of fused-ring (bicyclic) bond motifs is 1. The molecule has 1 aromatic rings. The predicted octanol–water partition coefficient (Wildman–Crippen LogP) is 2.61. The van der Waals surface area contributed by atoms with Crippen molar-refractivity contribution in [1.82, 2.24) is 9.80 Å². The summed E-state index contributed by atoms with van der Waals surface area (Å²) in [6.45, 7) is 8.09. The average Bonchev–Trinajstić information content (AvgIpc) is 3.32. The van der Waals surface area contributed by atoms with Crippen LogP contribution >= 0.6 is 0 Å². The third kappa shape index (κ3) is 2.94. The van der Waals surface area contributed by atoms with Gasteiger partial charge in [0.15, 0.2) is 0 Å². The number of hydrogen-bond acceptors (Lipinski definition) is 5. The zero-order valence-corrected chi connectivity index (χ0v) is 17.0.